The van der Waals surface area contributed by atoms with E-state index in [4.69, 9.17) is 14.2 Å². The fourth-order valence-corrected chi connectivity index (χ4v) is 4.77. The maximum Gasteiger partial charge on any atom is 0.410 e. The van der Waals surface area contributed by atoms with Gasteiger partial charge in [0, 0.05) is 35.4 Å². The van der Waals surface area contributed by atoms with Crippen LogP contribution < -0.4 is 4.74 Å². The van der Waals surface area contributed by atoms with Gasteiger partial charge in [0.25, 0.3) is 0 Å². The first-order valence-corrected chi connectivity index (χ1v) is 14.3. The average molecular weight is 544 g/mol. The molecule has 1 amide bonds. The number of nitrogens with zero attached hydrogens (tertiary/aromatic N) is 3. The Morgan fingerprint density at radius 3 is 2.61 bits per heavy atom. The van der Waals surface area contributed by atoms with Crippen molar-refractivity contribution in [2.45, 2.75) is 52.9 Å². The van der Waals surface area contributed by atoms with Gasteiger partial charge < -0.3 is 23.7 Å². The number of rotatable bonds is 8. The summed E-state index contributed by atoms with van der Waals surface area (Å²) in [5.41, 5.74) is 0.359. The van der Waals surface area contributed by atoms with E-state index in [0.717, 1.165) is 46.5 Å². The van der Waals surface area contributed by atoms with Gasteiger partial charge in [-0.25, -0.2) is 9.78 Å². The third kappa shape index (κ3) is 7.26. The Morgan fingerprint density at radius 2 is 1.97 bits per heavy atom. The normalized spacial score (nSPS) is 16.4. The zero-order valence-electron chi connectivity index (χ0n) is 20.6. The molecule has 33 heavy (non-hydrogen) atoms. The Hall–Kier alpha value is -1.45. The molecular formula is C24H37BrN3O4S+. The minimum atomic E-state index is -0.475. The van der Waals surface area contributed by atoms with Crippen LogP contribution >= 0.6 is 15.9 Å². The number of carbonyl (C=O) groups excluding carboxylic acids is 1. The van der Waals surface area contributed by atoms with Gasteiger partial charge in [-0.05, 0) is 66.5 Å². The molecule has 184 valence electrons. The summed E-state index contributed by atoms with van der Waals surface area (Å²) in [5, 5.41) is 0.960. The minimum absolute atomic E-state index is 0.0100. The molecule has 0 aromatic carbocycles. The quantitative estimate of drug-likeness (QED) is 0.344. The molecule has 3 rings (SSSR count). The molecule has 7 nitrogen and oxygen atoms in total. The van der Waals surface area contributed by atoms with E-state index >= 15 is 0 Å². The Bertz CT molecular complexity index is 949. The first-order chi connectivity index (χ1) is 15.5. The van der Waals surface area contributed by atoms with Crippen molar-refractivity contribution in [3.05, 3.63) is 22.9 Å². The largest absolute Gasteiger partial charge is 0.492 e. The fourth-order valence-electron chi connectivity index (χ4n) is 3.70. The number of ether oxygens (including phenoxy) is 3. The summed E-state index contributed by atoms with van der Waals surface area (Å²) >= 11 is 3.67. The van der Waals surface area contributed by atoms with Crippen LogP contribution in [0.3, 0.4) is 0 Å². The molecule has 0 saturated carbocycles. The van der Waals surface area contributed by atoms with Crippen LogP contribution in [0, 0.1) is 5.41 Å². The molecule has 0 radical (unpaired) electrons. The summed E-state index contributed by atoms with van der Waals surface area (Å²) in [6.07, 6.45) is 9.73. The summed E-state index contributed by atoms with van der Waals surface area (Å²) in [4.78, 5) is 18.7. The Morgan fingerprint density at radius 1 is 1.27 bits per heavy atom. The van der Waals surface area contributed by atoms with Gasteiger partial charge in [0.15, 0.2) is 0 Å². The lowest BCUT2D eigenvalue weighted by Gasteiger charge is -2.39. The van der Waals surface area contributed by atoms with Crippen molar-refractivity contribution in [1.82, 2.24) is 14.5 Å². The first-order valence-electron chi connectivity index (χ1n) is 11.3. The molecule has 0 aliphatic carbocycles. The lowest BCUT2D eigenvalue weighted by molar-refractivity contribution is 0.00603. The number of fused-ring (bicyclic) bond motifs is 1. The Balaban J connectivity index is 1.60. The molecule has 0 spiro atoms. The first kappa shape index (κ1) is 26.2. The third-order valence-corrected chi connectivity index (χ3v) is 7.32. The van der Waals surface area contributed by atoms with Crippen molar-refractivity contribution < 1.29 is 19.0 Å². The molecule has 9 heteroatoms. The average Bonchev–Trinajstić information content (AvgIpc) is 3.05. The van der Waals surface area contributed by atoms with Crippen molar-refractivity contribution in [3.8, 4) is 5.75 Å². The summed E-state index contributed by atoms with van der Waals surface area (Å²) in [7, 11) is 0.374. The van der Waals surface area contributed by atoms with E-state index in [2.05, 4.69) is 40.3 Å². The molecule has 1 aliphatic rings. The highest BCUT2D eigenvalue weighted by Crippen LogP contribution is 2.36. The maximum absolute atomic E-state index is 12.4. The van der Waals surface area contributed by atoms with E-state index in [0.29, 0.717) is 37.3 Å². The summed E-state index contributed by atoms with van der Waals surface area (Å²) in [6, 6.07) is 1.91. The van der Waals surface area contributed by atoms with Crippen LogP contribution in [0.15, 0.2) is 22.9 Å². The van der Waals surface area contributed by atoms with Crippen LogP contribution in [0.1, 0.15) is 40.5 Å². The summed E-state index contributed by atoms with van der Waals surface area (Å²) < 4.78 is 20.7. The van der Waals surface area contributed by atoms with Crippen LogP contribution in [0.4, 0.5) is 4.79 Å². The standard InChI is InChI=1S/C24H37BrN3O4S/c1-23(2,3)32-22(29)27-11-8-24(4,9-12-27)16-31-19-7-10-26-21-20(19)18(25)15-28(21)17-30-13-14-33(5)6/h7,10,15H,8-9,11-14,16-17H2,1-6H3/q+1. The molecule has 3 heterocycles. The molecular weight excluding hydrogens is 506 g/mol. The molecule has 2 aromatic rings. The third-order valence-electron chi connectivity index (χ3n) is 5.74. The molecule has 1 fully saturated rings. The highest BCUT2D eigenvalue weighted by Gasteiger charge is 2.34. The number of aromatic nitrogens is 2. The predicted molar refractivity (Wildman–Crippen MR) is 138 cm³/mol. The molecule has 0 unspecified atom stereocenters. The van der Waals surface area contributed by atoms with Crippen molar-refractivity contribution in [2.75, 3.05) is 44.6 Å². The van der Waals surface area contributed by atoms with Crippen LogP contribution in [-0.2, 0) is 27.1 Å². The minimum Gasteiger partial charge on any atom is -0.492 e. The van der Waals surface area contributed by atoms with Crippen LogP contribution in [0.25, 0.3) is 11.0 Å². The predicted octanol–water partition coefficient (Wildman–Crippen LogP) is 5.07. The number of halogens is 1. The molecule has 0 N–H and O–H groups in total. The highest BCUT2D eigenvalue weighted by molar-refractivity contribution is 9.10. The van der Waals surface area contributed by atoms with Gasteiger partial charge in [-0.3, -0.25) is 0 Å². The molecule has 0 atom stereocenters. The zero-order chi connectivity index (χ0) is 24.2. The number of likely N-dealkylation sites (tertiary alicyclic amines) is 1. The fraction of sp³-hybridized carbons (Fsp3) is 0.667. The molecule has 1 aliphatic heterocycles. The molecule has 0 bridgehead atoms. The smallest absolute Gasteiger partial charge is 0.410 e. The number of amides is 1. The number of hydrogen-bond donors (Lipinski definition) is 0. The monoisotopic (exact) mass is 542 g/mol. The number of piperidine rings is 1. The molecule has 2 aromatic heterocycles. The topological polar surface area (TPSA) is 65.8 Å². The van der Waals surface area contributed by atoms with Gasteiger partial charge in [-0.2, -0.15) is 0 Å². The van der Waals surface area contributed by atoms with E-state index < -0.39 is 5.60 Å². The van der Waals surface area contributed by atoms with Crippen LogP contribution in [0.2, 0.25) is 0 Å². The number of pyridine rings is 1. The van der Waals surface area contributed by atoms with Crippen LogP contribution in [-0.4, -0.2) is 70.7 Å². The maximum atomic E-state index is 12.4. The van der Waals surface area contributed by atoms with Gasteiger partial charge in [0.05, 0.1) is 31.1 Å². The van der Waals surface area contributed by atoms with Gasteiger partial charge in [0.2, 0.25) is 0 Å². The Kier molecular flexibility index (Phi) is 8.61. The van der Waals surface area contributed by atoms with Crippen molar-refractivity contribution in [1.29, 1.82) is 0 Å². The number of hydrogen-bond acceptors (Lipinski definition) is 5. The van der Waals surface area contributed by atoms with Crippen molar-refractivity contribution in [3.63, 3.8) is 0 Å². The highest BCUT2D eigenvalue weighted by atomic mass is 79.9. The van der Waals surface area contributed by atoms with Gasteiger partial charge in [-0.1, -0.05) is 6.92 Å². The lowest BCUT2D eigenvalue weighted by Crippen LogP contribution is -2.46. The van der Waals surface area contributed by atoms with Gasteiger partial charge in [0.1, 0.15) is 29.5 Å². The van der Waals surface area contributed by atoms with E-state index in [1.165, 1.54) is 0 Å². The van der Waals surface area contributed by atoms with Crippen molar-refractivity contribution >= 4 is 44.0 Å². The van der Waals surface area contributed by atoms with Crippen LogP contribution in [0.5, 0.6) is 5.75 Å². The SMILES string of the molecule is C[S+](C)CCOCn1cc(Br)c2c(OCC3(C)CCN(C(=O)OC(C)(C)C)CC3)ccnc21. The van der Waals surface area contributed by atoms with Gasteiger partial charge in [-0.15, -0.1) is 0 Å². The second-order valence-corrected chi connectivity index (χ2v) is 13.5. The van der Waals surface area contributed by atoms with Gasteiger partial charge >= 0.3 is 6.09 Å². The molecule has 1 saturated heterocycles. The lowest BCUT2D eigenvalue weighted by atomic mass is 9.81. The zero-order valence-corrected chi connectivity index (χ0v) is 23.1. The Labute approximate surface area is 208 Å². The number of carbonyl (C=O) groups is 1. The second kappa shape index (κ2) is 10.9. The summed E-state index contributed by atoms with van der Waals surface area (Å²) in [5.74, 6) is 1.87. The van der Waals surface area contributed by atoms with E-state index in [1.807, 2.05) is 37.6 Å². The van der Waals surface area contributed by atoms with Crippen molar-refractivity contribution in [2.24, 2.45) is 5.41 Å². The summed E-state index contributed by atoms with van der Waals surface area (Å²) in [6.45, 7) is 11.0. The van der Waals surface area contributed by atoms with E-state index in [9.17, 15) is 4.79 Å². The van der Waals surface area contributed by atoms with E-state index in [-0.39, 0.29) is 11.5 Å². The second-order valence-electron chi connectivity index (χ2n) is 10.2. The van der Waals surface area contributed by atoms with E-state index in [1.54, 1.807) is 11.1 Å².